The molecule has 0 saturated carbocycles. The molecule has 0 saturated heterocycles. The fourth-order valence-electron chi connectivity index (χ4n) is 0.333. The summed E-state index contributed by atoms with van der Waals surface area (Å²) in [6.07, 6.45) is -2.63. The van der Waals surface area contributed by atoms with Gasteiger partial charge in [-0.05, 0) is 13.8 Å². The van der Waals surface area contributed by atoms with Gasteiger partial charge in [0.25, 0.3) is 6.43 Å². The first kappa shape index (κ1) is 10.3. The number of rotatable bonds is 4. The van der Waals surface area contributed by atoms with E-state index in [1.807, 2.05) is 0 Å². The molecule has 0 aromatic heterocycles. The van der Waals surface area contributed by atoms with Crippen molar-refractivity contribution < 1.29 is 23.4 Å². The molecule has 66 valence electrons. The summed E-state index contributed by atoms with van der Waals surface area (Å²) < 4.78 is 27.4. The van der Waals surface area contributed by atoms with Crippen LogP contribution in [0.3, 0.4) is 0 Å². The summed E-state index contributed by atoms with van der Waals surface area (Å²) >= 11 is 0. The molecule has 0 spiro atoms. The monoisotopic (exact) mass is 168 g/mol. The molecule has 0 radical (unpaired) electrons. The smallest absolute Gasteiger partial charge is 0.335 e. The Kier molecular flexibility index (Phi) is 3.38. The fraction of sp³-hybridized carbons (Fsp3) is 0.833. The summed E-state index contributed by atoms with van der Waals surface area (Å²) in [4.78, 5) is 10.3. The van der Waals surface area contributed by atoms with Crippen LogP contribution < -0.4 is 0 Å². The minimum absolute atomic E-state index is 0.848. The van der Waals surface area contributed by atoms with Crippen molar-refractivity contribution in [1.29, 1.82) is 0 Å². The predicted molar refractivity (Wildman–Crippen MR) is 33.7 cm³/mol. The van der Waals surface area contributed by atoms with E-state index in [1.165, 1.54) is 13.8 Å². The van der Waals surface area contributed by atoms with Gasteiger partial charge in [0.05, 0.1) is 0 Å². The van der Waals surface area contributed by atoms with Gasteiger partial charge in [0.1, 0.15) is 6.61 Å². The standard InChI is InChI=1S/C6H10F2O3/c1-6(2,5(9)10)11-3-4(7)8/h4H,3H2,1-2H3,(H,9,10). The Hall–Kier alpha value is -0.710. The quantitative estimate of drug-likeness (QED) is 0.684. The van der Waals surface area contributed by atoms with Gasteiger partial charge in [-0.3, -0.25) is 0 Å². The van der Waals surface area contributed by atoms with Gasteiger partial charge in [0.2, 0.25) is 0 Å². The average molecular weight is 168 g/mol. The normalized spacial score (nSPS) is 12.1. The zero-order valence-corrected chi connectivity index (χ0v) is 6.30. The van der Waals surface area contributed by atoms with Crippen molar-refractivity contribution in [2.75, 3.05) is 6.61 Å². The van der Waals surface area contributed by atoms with Crippen LogP contribution in [0.1, 0.15) is 13.8 Å². The maximum absolute atomic E-state index is 11.5. The number of carboxylic acid groups (broad SMARTS) is 1. The van der Waals surface area contributed by atoms with Gasteiger partial charge in [0, 0.05) is 0 Å². The molecule has 0 aromatic carbocycles. The van der Waals surface area contributed by atoms with Crippen LogP contribution in [0, 0.1) is 0 Å². The maximum atomic E-state index is 11.5. The molecular weight excluding hydrogens is 158 g/mol. The average Bonchev–Trinajstić information content (AvgIpc) is 1.84. The lowest BCUT2D eigenvalue weighted by molar-refractivity contribution is -0.165. The van der Waals surface area contributed by atoms with Gasteiger partial charge < -0.3 is 9.84 Å². The Bertz CT molecular complexity index is 145. The minimum atomic E-state index is -2.63. The van der Waals surface area contributed by atoms with Crippen LogP contribution in [0.4, 0.5) is 8.78 Å². The number of ether oxygens (including phenoxy) is 1. The van der Waals surface area contributed by atoms with Crippen molar-refractivity contribution in [2.24, 2.45) is 0 Å². The first-order valence-corrected chi connectivity index (χ1v) is 3.02. The zero-order valence-electron chi connectivity index (χ0n) is 6.30. The highest BCUT2D eigenvalue weighted by atomic mass is 19.3. The van der Waals surface area contributed by atoms with Crippen molar-refractivity contribution in [3.05, 3.63) is 0 Å². The van der Waals surface area contributed by atoms with Gasteiger partial charge >= 0.3 is 5.97 Å². The number of hydrogen-bond acceptors (Lipinski definition) is 2. The summed E-state index contributed by atoms with van der Waals surface area (Å²) in [7, 11) is 0. The molecule has 0 fully saturated rings. The van der Waals surface area contributed by atoms with E-state index in [9.17, 15) is 13.6 Å². The second-order valence-corrected chi connectivity index (χ2v) is 2.52. The number of carbonyl (C=O) groups is 1. The molecule has 0 unspecified atom stereocenters. The summed E-state index contributed by atoms with van der Waals surface area (Å²) in [6, 6.07) is 0. The zero-order chi connectivity index (χ0) is 9.07. The molecule has 0 aromatic rings. The molecule has 11 heavy (non-hydrogen) atoms. The van der Waals surface area contributed by atoms with Crippen molar-refractivity contribution >= 4 is 5.97 Å². The highest BCUT2D eigenvalue weighted by Gasteiger charge is 2.28. The molecule has 0 heterocycles. The minimum Gasteiger partial charge on any atom is -0.479 e. The summed E-state index contributed by atoms with van der Waals surface area (Å²) in [6.45, 7) is 1.59. The molecule has 5 heteroatoms. The first-order valence-electron chi connectivity index (χ1n) is 3.02. The van der Waals surface area contributed by atoms with Gasteiger partial charge in [-0.1, -0.05) is 0 Å². The van der Waals surface area contributed by atoms with E-state index in [4.69, 9.17) is 5.11 Å². The van der Waals surface area contributed by atoms with E-state index in [0.29, 0.717) is 0 Å². The van der Waals surface area contributed by atoms with Crippen LogP contribution in [0.15, 0.2) is 0 Å². The van der Waals surface area contributed by atoms with Gasteiger partial charge in [-0.25, -0.2) is 13.6 Å². The highest BCUT2D eigenvalue weighted by molar-refractivity contribution is 5.76. The van der Waals surface area contributed by atoms with Crippen molar-refractivity contribution in [2.45, 2.75) is 25.9 Å². The van der Waals surface area contributed by atoms with Gasteiger partial charge in [-0.2, -0.15) is 0 Å². The predicted octanol–water partition coefficient (Wildman–Crippen LogP) is 1.13. The van der Waals surface area contributed by atoms with E-state index in [1.54, 1.807) is 0 Å². The third-order valence-corrected chi connectivity index (χ3v) is 1.09. The van der Waals surface area contributed by atoms with E-state index >= 15 is 0 Å². The molecule has 0 aliphatic heterocycles. The van der Waals surface area contributed by atoms with Crippen LogP contribution in [0.25, 0.3) is 0 Å². The second kappa shape index (κ2) is 3.61. The third-order valence-electron chi connectivity index (χ3n) is 1.09. The SMILES string of the molecule is CC(C)(OCC(F)F)C(=O)O. The van der Waals surface area contributed by atoms with E-state index < -0.39 is 24.6 Å². The van der Waals surface area contributed by atoms with E-state index in [2.05, 4.69) is 4.74 Å². The van der Waals surface area contributed by atoms with Crippen molar-refractivity contribution in [3.8, 4) is 0 Å². The molecule has 1 N–H and O–H groups in total. The fourth-order valence-corrected chi connectivity index (χ4v) is 0.333. The molecule has 0 rings (SSSR count). The highest BCUT2D eigenvalue weighted by Crippen LogP contribution is 2.10. The lowest BCUT2D eigenvalue weighted by Gasteiger charge is -2.19. The van der Waals surface area contributed by atoms with Crippen LogP contribution in [-0.4, -0.2) is 29.7 Å². The Morgan fingerprint density at radius 1 is 1.64 bits per heavy atom. The molecule has 0 atom stereocenters. The lowest BCUT2D eigenvalue weighted by Crippen LogP contribution is -2.36. The third kappa shape index (κ3) is 3.87. The molecule has 0 aliphatic carbocycles. The molecule has 0 amide bonds. The van der Waals surface area contributed by atoms with Crippen LogP contribution in [-0.2, 0) is 9.53 Å². The second-order valence-electron chi connectivity index (χ2n) is 2.52. The Labute approximate surface area is 63.0 Å². The Morgan fingerprint density at radius 3 is 2.36 bits per heavy atom. The molecular formula is C6H10F2O3. The lowest BCUT2D eigenvalue weighted by atomic mass is 10.1. The van der Waals surface area contributed by atoms with Crippen LogP contribution in [0.2, 0.25) is 0 Å². The Balaban J connectivity index is 3.83. The number of aliphatic carboxylic acids is 1. The summed E-state index contributed by atoms with van der Waals surface area (Å²) in [5.74, 6) is -1.25. The first-order chi connectivity index (χ1) is 4.86. The van der Waals surface area contributed by atoms with Crippen molar-refractivity contribution in [1.82, 2.24) is 0 Å². The van der Waals surface area contributed by atoms with E-state index in [0.717, 1.165) is 0 Å². The topological polar surface area (TPSA) is 46.5 Å². The number of carboxylic acids is 1. The Morgan fingerprint density at radius 2 is 2.09 bits per heavy atom. The van der Waals surface area contributed by atoms with Gasteiger partial charge in [-0.15, -0.1) is 0 Å². The van der Waals surface area contributed by atoms with Crippen molar-refractivity contribution in [3.63, 3.8) is 0 Å². The van der Waals surface area contributed by atoms with E-state index in [-0.39, 0.29) is 0 Å². The molecule has 0 bridgehead atoms. The largest absolute Gasteiger partial charge is 0.479 e. The molecule has 0 aliphatic rings. The van der Waals surface area contributed by atoms with Crippen LogP contribution >= 0.6 is 0 Å². The maximum Gasteiger partial charge on any atom is 0.335 e. The summed E-state index contributed by atoms with van der Waals surface area (Å²) in [5.41, 5.74) is -1.53. The summed E-state index contributed by atoms with van der Waals surface area (Å²) in [5, 5.41) is 8.38. The number of alkyl halides is 2. The van der Waals surface area contributed by atoms with Crippen LogP contribution in [0.5, 0.6) is 0 Å². The van der Waals surface area contributed by atoms with Gasteiger partial charge in [0.15, 0.2) is 5.60 Å². The number of hydrogen-bond donors (Lipinski definition) is 1. The number of halogens is 2. The molecule has 3 nitrogen and oxygen atoms in total.